The molecule has 0 bridgehead atoms. The van der Waals surface area contributed by atoms with E-state index in [-0.39, 0.29) is 11.5 Å². The summed E-state index contributed by atoms with van der Waals surface area (Å²) >= 11 is 0. The molecule has 6 heteroatoms. The van der Waals surface area contributed by atoms with Gasteiger partial charge in [0, 0.05) is 6.42 Å². The van der Waals surface area contributed by atoms with Crippen molar-refractivity contribution in [3.05, 3.63) is 0 Å². The zero-order chi connectivity index (χ0) is 13.2. The van der Waals surface area contributed by atoms with Gasteiger partial charge >= 0.3 is 0 Å². The Morgan fingerprint density at radius 1 is 1.44 bits per heavy atom. The first kappa shape index (κ1) is 13.7. The molecule has 1 saturated heterocycles. The van der Waals surface area contributed by atoms with Crippen molar-refractivity contribution in [1.82, 2.24) is 5.32 Å². The minimum absolute atomic E-state index is 0.126. The van der Waals surface area contributed by atoms with Crippen LogP contribution in [0.2, 0.25) is 0 Å². The summed E-state index contributed by atoms with van der Waals surface area (Å²) in [5, 5.41) is 11.4. The molecule has 0 radical (unpaired) electrons. The predicted molar refractivity (Wildman–Crippen MR) is 60.3 cm³/mol. The van der Waals surface area contributed by atoms with Crippen LogP contribution in [0, 0.1) is 0 Å². The van der Waals surface area contributed by atoms with Crippen molar-refractivity contribution >= 4 is 5.91 Å². The van der Waals surface area contributed by atoms with Gasteiger partial charge in [0.25, 0.3) is 0 Å². The summed E-state index contributed by atoms with van der Waals surface area (Å²) < 4.78 is 30.1. The Balaban J connectivity index is 1.80. The molecule has 1 aliphatic heterocycles. The standard InChI is InChI=1S/C12H19F2NO3/c13-10(14)6-8(7-16)15-11(17)9-2-5-12(18-9)3-1-4-12/h8-10,16H,1-7H2,(H,15,17). The molecular weight excluding hydrogens is 244 g/mol. The summed E-state index contributed by atoms with van der Waals surface area (Å²) in [6.07, 6.45) is 0.984. The zero-order valence-electron chi connectivity index (χ0n) is 10.2. The van der Waals surface area contributed by atoms with Gasteiger partial charge < -0.3 is 15.2 Å². The van der Waals surface area contributed by atoms with E-state index >= 15 is 0 Å². The SMILES string of the molecule is O=C(NC(CO)CC(F)F)C1CCC2(CCC2)O1. The highest BCUT2D eigenvalue weighted by Crippen LogP contribution is 2.45. The number of rotatable bonds is 5. The van der Waals surface area contributed by atoms with Gasteiger partial charge in [0.2, 0.25) is 12.3 Å². The van der Waals surface area contributed by atoms with E-state index in [1.54, 1.807) is 0 Å². The van der Waals surface area contributed by atoms with Gasteiger partial charge in [-0.2, -0.15) is 0 Å². The monoisotopic (exact) mass is 263 g/mol. The average molecular weight is 263 g/mol. The molecule has 0 aromatic heterocycles. The summed E-state index contributed by atoms with van der Waals surface area (Å²) in [5.41, 5.74) is -0.126. The Bertz CT molecular complexity index is 308. The van der Waals surface area contributed by atoms with E-state index in [9.17, 15) is 13.6 Å². The summed E-state index contributed by atoms with van der Waals surface area (Å²) in [7, 11) is 0. The van der Waals surface area contributed by atoms with Gasteiger partial charge in [0.15, 0.2) is 0 Å². The molecule has 4 nitrogen and oxygen atoms in total. The fourth-order valence-electron chi connectivity index (χ4n) is 2.63. The van der Waals surface area contributed by atoms with Crippen molar-refractivity contribution in [3.63, 3.8) is 0 Å². The third-order valence-corrected chi connectivity index (χ3v) is 3.84. The lowest BCUT2D eigenvalue weighted by Crippen LogP contribution is -2.46. The molecule has 1 spiro atoms. The molecule has 1 aliphatic carbocycles. The number of alkyl halides is 2. The third kappa shape index (κ3) is 2.98. The van der Waals surface area contributed by atoms with E-state index in [2.05, 4.69) is 5.32 Å². The minimum atomic E-state index is -2.54. The van der Waals surface area contributed by atoms with Gasteiger partial charge in [-0.3, -0.25) is 4.79 Å². The van der Waals surface area contributed by atoms with Crippen LogP contribution >= 0.6 is 0 Å². The fourth-order valence-corrected chi connectivity index (χ4v) is 2.63. The number of nitrogens with one attached hydrogen (secondary N) is 1. The smallest absolute Gasteiger partial charge is 0.249 e. The van der Waals surface area contributed by atoms with E-state index in [4.69, 9.17) is 9.84 Å². The van der Waals surface area contributed by atoms with Crippen LogP contribution < -0.4 is 5.32 Å². The molecule has 0 aromatic rings. The molecule has 1 heterocycles. The number of aliphatic hydroxyl groups is 1. The Hall–Kier alpha value is -0.750. The third-order valence-electron chi connectivity index (χ3n) is 3.84. The van der Waals surface area contributed by atoms with Crippen LogP contribution in [-0.4, -0.2) is 41.8 Å². The van der Waals surface area contributed by atoms with Gasteiger partial charge in [-0.25, -0.2) is 8.78 Å². The molecule has 2 fully saturated rings. The Kier molecular flexibility index (Phi) is 4.17. The quantitative estimate of drug-likeness (QED) is 0.784. The summed E-state index contributed by atoms with van der Waals surface area (Å²) in [6.45, 7) is -0.478. The summed E-state index contributed by atoms with van der Waals surface area (Å²) in [5.74, 6) is -0.376. The van der Waals surface area contributed by atoms with Gasteiger partial charge in [-0.1, -0.05) is 0 Å². The van der Waals surface area contributed by atoms with E-state index in [1.165, 1.54) is 0 Å². The molecule has 2 aliphatic rings. The Morgan fingerprint density at radius 3 is 2.61 bits per heavy atom. The first-order valence-corrected chi connectivity index (χ1v) is 6.42. The van der Waals surface area contributed by atoms with Crippen molar-refractivity contribution in [3.8, 4) is 0 Å². The van der Waals surface area contributed by atoms with Gasteiger partial charge in [0.1, 0.15) is 6.10 Å². The van der Waals surface area contributed by atoms with Gasteiger partial charge in [-0.05, 0) is 32.1 Å². The first-order chi connectivity index (χ1) is 8.54. The van der Waals surface area contributed by atoms with Crippen molar-refractivity contribution in [2.45, 2.75) is 62.7 Å². The fraction of sp³-hybridized carbons (Fsp3) is 0.917. The van der Waals surface area contributed by atoms with Crippen LogP contribution in [0.5, 0.6) is 0 Å². The Morgan fingerprint density at radius 2 is 2.17 bits per heavy atom. The average Bonchev–Trinajstić information content (AvgIpc) is 2.72. The van der Waals surface area contributed by atoms with Crippen LogP contribution in [-0.2, 0) is 9.53 Å². The molecule has 18 heavy (non-hydrogen) atoms. The highest BCUT2D eigenvalue weighted by Gasteiger charge is 2.46. The van der Waals surface area contributed by atoms with Crippen molar-refractivity contribution in [2.24, 2.45) is 0 Å². The number of carbonyl (C=O) groups is 1. The van der Waals surface area contributed by atoms with E-state index in [0.717, 1.165) is 25.7 Å². The summed E-state index contributed by atoms with van der Waals surface area (Å²) in [6, 6.07) is -0.890. The van der Waals surface area contributed by atoms with E-state index < -0.39 is 31.6 Å². The number of halogens is 2. The number of ether oxygens (including phenoxy) is 1. The van der Waals surface area contributed by atoms with E-state index in [0.29, 0.717) is 6.42 Å². The second-order valence-corrected chi connectivity index (χ2v) is 5.20. The van der Waals surface area contributed by atoms with Gasteiger partial charge in [-0.15, -0.1) is 0 Å². The van der Waals surface area contributed by atoms with Crippen LogP contribution in [0.3, 0.4) is 0 Å². The lowest BCUT2D eigenvalue weighted by molar-refractivity contribution is -0.145. The second-order valence-electron chi connectivity index (χ2n) is 5.20. The molecule has 1 amide bonds. The first-order valence-electron chi connectivity index (χ1n) is 6.42. The largest absolute Gasteiger partial charge is 0.394 e. The normalized spacial score (nSPS) is 27.2. The molecule has 2 unspecified atom stereocenters. The predicted octanol–water partition coefficient (Wildman–Crippen LogP) is 1.22. The number of aliphatic hydroxyl groups excluding tert-OH is 1. The molecule has 0 aromatic carbocycles. The van der Waals surface area contributed by atoms with Crippen LogP contribution in [0.4, 0.5) is 8.78 Å². The highest BCUT2D eigenvalue weighted by atomic mass is 19.3. The number of carbonyl (C=O) groups excluding carboxylic acids is 1. The highest BCUT2D eigenvalue weighted by molar-refractivity contribution is 5.81. The molecule has 1 saturated carbocycles. The molecular formula is C12H19F2NO3. The summed E-state index contributed by atoms with van der Waals surface area (Å²) in [4.78, 5) is 11.8. The number of hydrogen-bond donors (Lipinski definition) is 2. The lowest BCUT2D eigenvalue weighted by Gasteiger charge is -2.37. The number of amides is 1. The van der Waals surface area contributed by atoms with Crippen LogP contribution in [0.25, 0.3) is 0 Å². The van der Waals surface area contributed by atoms with Crippen LogP contribution in [0.15, 0.2) is 0 Å². The molecule has 104 valence electrons. The molecule has 2 rings (SSSR count). The zero-order valence-corrected chi connectivity index (χ0v) is 10.2. The van der Waals surface area contributed by atoms with Gasteiger partial charge in [0.05, 0.1) is 18.2 Å². The molecule has 2 N–H and O–H groups in total. The Labute approximate surface area is 105 Å². The minimum Gasteiger partial charge on any atom is -0.394 e. The maximum absolute atomic E-state index is 12.2. The van der Waals surface area contributed by atoms with Crippen molar-refractivity contribution in [1.29, 1.82) is 0 Å². The second kappa shape index (κ2) is 5.48. The van der Waals surface area contributed by atoms with Crippen molar-refractivity contribution in [2.75, 3.05) is 6.61 Å². The maximum atomic E-state index is 12.2. The topological polar surface area (TPSA) is 58.6 Å². The van der Waals surface area contributed by atoms with Crippen molar-refractivity contribution < 1.29 is 23.4 Å². The maximum Gasteiger partial charge on any atom is 0.249 e. The molecule has 2 atom stereocenters. The lowest BCUT2D eigenvalue weighted by atomic mass is 9.78. The van der Waals surface area contributed by atoms with Crippen LogP contribution in [0.1, 0.15) is 38.5 Å². The number of hydrogen-bond acceptors (Lipinski definition) is 3. The van der Waals surface area contributed by atoms with E-state index in [1.807, 2.05) is 0 Å².